The molecule has 1 amide bonds. The Bertz CT molecular complexity index is 402. The second kappa shape index (κ2) is 5.53. The van der Waals surface area contributed by atoms with Crippen LogP contribution in [0.25, 0.3) is 0 Å². The first-order valence-corrected chi connectivity index (χ1v) is 6.69. The molecule has 3 nitrogen and oxygen atoms in total. The summed E-state index contributed by atoms with van der Waals surface area (Å²) in [7, 11) is 0. The van der Waals surface area contributed by atoms with Gasteiger partial charge in [-0.05, 0) is 31.7 Å². The Balaban J connectivity index is 2.00. The number of carbonyl (C=O) groups is 1. The molecule has 2 N–H and O–H groups in total. The molecular formula is C15H22N2O. The van der Waals surface area contributed by atoms with Gasteiger partial charge in [0.15, 0.2) is 0 Å². The zero-order valence-electron chi connectivity index (χ0n) is 11.2. The van der Waals surface area contributed by atoms with Gasteiger partial charge >= 0.3 is 0 Å². The molecule has 1 aliphatic rings. The van der Waals surface area contributed by atoms with Crippen LogP contribution >= 0.6 is 0 Å². The highest BCUT2D eigenvalue weighted by Gasteiger charge is 2.30. The van der Waals surface area contributed by atoms with E-state index in [2.05, 4.69) is 0 Å². The van der Waals surface area contributed by atoms with Crippen molar-refractivity contribution < 1.29 is 4.79 Å². The molecule has 3 unspecified atom stereocenters. The summed E-state index contributed by atoms with van der Waals surface area (Å²) < 4.78 is 0. The molecule has 1 aromatic carbocycles. The number of nitrogens with zero attached hydrogens (tertiary/aromatic N) is 1. The minimum Gasteiger partial charge on any atom is -0.342 e. The van der Waals surface area contributed by atoms with Crippen LogP contribution in [0, 0.1) is 5.92 Å². The standard InChI is InChI=1S/C15H22N2O/c1-11(13-6-4-3-5-7-13)15(18)17-9-8-14(10-17)12(2)16/h3-7,11-12,14H,8-10,16H2,1-2H3. The Hall–Kier alpha value is -1.35. The lowest BCUT2D eigenvalue weighted by Crippen LogP contribution is -2.35. The van der Waals surface area contributed by atoms with Gasteiger partial charge in [-0.25, -0.2) is 0 Å². The highest BCUT2D eigenvalue weighted by molar-refractivity contribution is 5.83. The highest BCUT2D eigenvalue weighted by atomic mass is 16.2. The lowest BCUT2D eigenvalue weighted by Gasteiger charge is -2.22. The minimum absolute atomic E-state index is 0.0574. The fourth-order valence-corrected chi connectivity index (χ4v) is 2.57. The Morgan fingerprint density at radius 2 is 2.00 bits per heavy atom. The quantitative estimate of drug-likeness (QED) is 0.886. The Morgan fingerprint density at radius 3 is 2.56 bits per heavy atom. The summed E-state index contributed by atoms with van der Waals surface area (Å²) in [6, 6.07) is 10.1. The summed E-state index contributed by atoms with van der Waals surface area (Å²) >= 11 is 0. The van der Waals surface area contributed by atoms with E-state index in [4.69, 9.17) is 5.73 Å². The lowest BCUT2D eigenvalue weighted by molar-refractivity contribution is -0.131. The number of carbonyl (C=O) groups excluding carboxylic acids is 1. The van der Waals surface area contributed by atoms with E-state index in [-0.39, 0.29) is 17.9 Å². The number of benzene rings is 1. The SMILES string of the molecule is CC(C(=O)N1CCC(C(C)N)C1)c1ccccc1. The largest absolute Gasteiger partial charge is 0.342 e. The summed E-state index contributed by atoms with van der Waals surface area (Å²) in [5.74, 6) is 0.624. The smallest absolute Gasteiger partial charge is 0.229 e. The van der Waals surface area contributed by atoms with Crippen LogP contribution in [-0.2, 0) is 4.79 Å². The Kier molecular flexibility index (Phi) is 4.02. The normalized spacial score (nSPS) is 22.8. The molecule has 1 aliphatic heterocycles. The fraction of sp³-hybridized carbons (Fsp3) is 0.533. The third-order valence-electron chi connectivity index (χ3n) is 3.95. The van der Waals surface area contributed by atoms with Gasteiger partial charge in [0.05, 0.1) is 5.92 Å². The van der Waals surface area contributed by atoms with Crippen LogP contribution in [0.1, 0.15) is 31.7 Å². The van der Waals surface area contributed by atoms with Crippen LogP contribution < -0.4 is 5.73 Å². The van der Waals surface area contributed by atoms with Crippen molar-refractivity contribution in [3.8, 4) is 0 Å². The molecule has 0 spiro atoms. The second-order valence-corrected chi connectivity index (χ2v) is 5.32. The zero-order chi connectivity index (χ0) is 13.1. The molecule has 1 saturated heterocycles. The van der Waals surface area contributed by atoms with Crippen molar-refractivity contribution in [3.63, 3.8) is 0 Å². The van der Waals surface area contributed by atoms with Gasteiger partial charge in [0, 0.05) is 19.1 Å². The predicted molar refractivity (Wildman–Crippen MR) is 73.2 cm³/mol. The van der Waals surface area contributed by atoms with Crippen molar-refractivity contribution in [1.82, 2.24) is 4.90 Å². The zero-order valence-corrected chi connectivity index (χ0v) is 11.2. The predicted octanol–water partition coefficient (Wildman–Crippen LogP) is 1.99. The number of amides is 1. The average molecular weight is 246 g/mol. The first-order chi connectivity index (χ1) is 8.59. The van der Waals surface area contributed by atoms with E-state index in [0.29, 0.717) is 5.92 Å². The van der Waals surface area contributed by atoms with Crippen molar-refractivity contribution in [1.29, 1.82) is 0 Å². The number of hydrogen-bond acceptors (Lipinski definition) is 2. The van der Waals surface area contributed by atoms with Crippen LogP contribution in [0.5, 0.6) is 0 Å². The number of likely N-dealkylation sites (tertiary alicyclic amines) is 1. The number of nitrogens with two attached hydrogens (primary N) is 1. The Morgan fingerprint density at radius 1 is 1.33 bits per heavy atom. The van der Waals surface area contributed by atoms with Crippen molar-refractivity contribution in [2.24, 2.45) is 11.7 Å². The van der Waals surface area contributed by atoms with Gasteiger partial charge < -0.3 is 10.6 Å². The molecule has 1 aromatic rings. The number of rotatable bonds is 3. The van der Waals surface area contributed by atoms with Gasteiger partial charge in [0.2, 0.25) is 5.91 Å². The van der Waals surface area contributed by atoms with Crippen LogP contribution in [0.3, 0.4) is 0 Å². The third kappa shape index (κ3) is 2.72. The first kappa shape index (κ1) is 13.1. The molecule has 0 saturated carbocycles. The van der Waals surface area contributed by atoms with Crippen molar-refractivity contribution in [2.75, 3.05) is 13.1 Å². The fourth-order valence-electron chi connectivity index (χ4n) is 2.57. The van der Waals surface area contributed by atoms with E-state index in [1.165, 1.54) is 0 Å². The molecule has 3 heteroatoms. The molecule has 0 aromatic heterocycles. The molecule has 2 rings (SSSR count). The third-order valence-corrected chi connectivity index (χ3v) is 3.95. The van der Waals surface area contributed by atoms with E-state index in [1.807, 2.05) is 49.1 Å². The van der Waals surface area contributed by atoms with E-state index in [1.54, 1.807) is 0 Å². The maximum absolute atomic E-state index is 12.4. The molecule has 0 aliphatic carbocycles. The molecule has 0 radical (unpaired) electrons. The lowest BCUT2D eigenvalue weighted by atomic mass is 9.99. The second-order valence-electron chi connectivity index (χ2n) is 5.32. The summed E-state index contributed by atoms with van der Waals surface area (Å²) in [6.07, 6.45) is 1.03. The van der Waals surface area contributed by atoms with Gasteiger partial charge in [-0.2, -0.15) is 0 Å². The Labute approximate surface area is 109 Å². The van der Waals surface area contributed by atoms with Gasteiger partial charge in [-0.3, -0.25) is 4.79 Å². The maximum Gasteiger partial charge on any atom is 0.229 e. The van der Waals surface area contributed by atoms with Gasteiger partial charge in [-0.15, -0.1) is 0 Å². The topological polar surface area (TPSA) is 46.3 Å². The van der Waals surface area contributed by atoms with Crippen LogP contribution in [-0.4, -0.2) is 29.9 Å². The summed E-state index contributed by atoms with van der Waals surface area (Å²) in [4.78, 5) is 14.4. The molecular weight excluding hydrogens is 224 g/mol. The highest BCUT2D eigenvalue weighted by Crippen LogP contribution is 2.24. The molecule has 1 fully saturated rings. The van der Waals surface area contributed by atoms with E-state index < -0.39 is 0 Å². The summed E-state index contributed by atoms with van der Waals surface area (Å²) in [5.41, 5.74) is 7.00. The molecule has 18 heavy (non-hydrogen) atoms. The molecule has 3 atom stereocenters. The summed E-state index contributed by atoms with van der Waals surface area (Å²) in [5, 5.41) is 0. The minimum atomic E-state index is -0.0574. The molecule has 0 bridgehead atoms. The van der Waals surface area contributed by atoms with E-state index in [0.717, 1.165) is 25.1 Å². The average Bonchev–Trinajstić information content (AvgIpc) is 2.88. The van der Waals surface area contributed by atoms with Crippen molar-refractivity contribution in [3.05, 3.63) is 35.9 Å². The van der Waals surface area contributed by atoms with Crippen LogP contribution in [0.15, 0.2) is 30.3 Å². The first-order valence-electron chi connectivity index (χ1n) is 6.69. The number of hydrogen-bond donors (Lipinski definition) is 1. The van der Waals surface area contributed by atoms with Crippen LogP contribution in [0.2, 0.25) is 0 Å². The maximum atomic E-state index is 12.4. The molecule has 98 valence electrons. The van der Waals surface area contributed by atoms with Gasteiger partial charge in [0.25, 0.3) is 0 Å². The van der Waals surface area contributed by atoms with Gasteiger partial charge in [0.1, 0.15) is 0 Å². The van der Waals surface area contributed by atoms with E-state index in [9.17, 15) is 4.79 Å². The van der Waals surface area contributed by atoms with Gasteiger partial charge in [-0.1, -0.05) is 30.3 Å². The van der Waals surface area contributed by atoms with E-state index >= 15 is 0 Å². The van der Waals surface area contributed by atoms with Crippen molar-refractivity contribution in [2.45, 2.75) is 32.2 Å². The monoisotopic (exact) mass is 246 g/mol. The van der Waals surface area contributed by atoms with Crippen molar-refractivity contribution >= 4 is 5.91 Å². The summed E-state index contributed by atoms with van der Waals surface area (Å²) in [6.45, 7) is 5.67. The van der Waals surface area contributed by atoms with Crippen LogP contribution in [0.4, 0.5) is 0 Å². The molecule has 1 heterocycles.